The lowest BCUT2D eigenvalue weighted by Gasteiger charge is -2.23. The summed E-state index contributed by atoms with van der Waals surface area (Å²) in [5.74, 6) is 0. The highest BCUT2D eigenvalue weighted by Gasteiger charge is 2.18. The summed E-state index contributed by atoms with van der Waals surface area (Å²) in [5.41, 5.74) is 7.48. The van der Waals surface area contributed by atoms with E-state index < -0.39 is 0 Å². The summed E-state index contributed by atoms with van der Waals surface area (Å²) in [6.07, 6.45) is 10.4. The minimum atomic E-state index is 0.0243. The molecule has 2 atom stereocenters. The highest BCUT2D eigenvalue weighted by Crippen LogP contribution is 2.22. The zero-order valence-electron chi connectivity index (χ0n) is 13.2. The van der Waals surface area contributed by atoms with E-state index in [0.717, 1.165) is 6.42 Å². The van der Waals surface area contributed by atoms with Gasteiger partial charge in [0.25, 0.3) is 0 Å². The minimum Gasteiger partial charge on any atom is -0.375 e. The Kier molecular flexibility index (Phi) is 9.35. The lowest BCUT2D eigenvalue weighted by Crippen LogP contribution is -2.29. The SMILES string of the molecule is CCCCCCCCCC(N)C(OC)c1ccccc1. The molecule has 0 radical (unpaired) electrons. The highest BCUT2D eigenvalue weighted by atomic mass is 16.5. The van der Waals surface area contributed by atoms with Crippen molar-refractivity contribution in [2.45, 2.75) is 70.4 Å². The van der Waals surface area contributed by atoms with Crippen LogP contribution in [0.15, 0.2) is 30.3 Å². The molecule has 1 aromatic rings. The Labute approximate surface area is 124 Å². The van der Waals surface area contributed by atoms with Crippen molar-refractivity contribution < 1.29 is 4.74 Å². The van der Waals surface area contributed by atoms with Gasteiger partial charge in [-0.2, -0.15) is 0 Å². The maximum Gasteiger partial charge on any atom is 0.0971 e. The Morgan fingerprint density at radius 1 is 0.950 bits per heavy atom. The van der Waals surface area contributed by atoms with Crippen molar-refractivity contribution in [3.05, 3.63) is 35.9 Å². The van der Waals surface area contributed by atoms with Crippen LogP contribution in [0.1, 0.15) is 70.0 Å². The molecule has 0 aliphatic carbocycles. The third kappa shape index (κ3) is 6.53. The van der Waals surface area contributed by atoms with Gasteiger partial charge in [0.2, 0.25) is 0 Å². The first-order chi connectivity index (χ1) is 9.79. The Bertz CT molecular complexity index is 325. The molecule has 2 N–H and O–H groups in total. The quantitative estimate of drug-likeness (QED) is 0.587. The van der Waals surface area contributed by atoms with Crippen LogP contribution < -0.4 is 5.73 Å². The molecule has 114 valence electrons. The van der Waals surface area contributed by atoms with Gasteiger partial charge in [-0.1, -0.05) is 82.2 Å². The van der Waals surface area contributed by atoms with Gasteiger partial charge in [-0.15, -0.1) is 0 Å². The summed E-state index contributed by atoms with van der Waals surface area (Å²) in [6, 6.07) is 10.4. The molecular weight excluding hydrogens is 246 g/mol. The molecular formula is C18H31NO. The summed E-state index contributed by atoms with van der Waals surface area (Å²) in [7, 11) is 1.75. The fraction of sp³-hybridized carbons (Fsp3) is 0.667. The number of hydrogen-bond acceptors (Lipinski definition) is 2. The van der Waals surface area contributed by atoms with Gasteiger partial charge in [-0.25, -0.2) is 0 Å². The van der Waals surface area contributed by atoms with Crippen LogP contribution in [0.2, 0.25) is 0 Å². The maximum atomic E-state index is 6.30. The van der Waals surface area contributed by atoms with Crippen molar-refractivity contribution in [1.82, 2.24) is 0 Å². The van der Waals surface area contributed by atoms with Gasteiger partial charge in [0.1, 0.15) is 0 Å². The molecule has 1 aromatic carbocycles. The highest BCUT2D eigenvalue weighted by molar-refractivity contribution is 5.19. The maximum absolute atomic E-state index is 6.30. The first-order valence-electron chi connectivity index (χ1n) is 8.13. The number of rotatable bonds is 11. The van der Waals surface area contributed by atoms with E-state index in [1.807, 2.05) is 18.2 Å². The second-order valence-corrected chi connectivity index (χ2v) is 5.64. The number of hydrogen-bond donors (Lipinski definition) is 1. The van der Waals surface area contributed by atoms with Crippen LogP contribution in [0.5, 0.6) is 0 Å². The Balaban J connectivity index is 2.22. The molecule has 0 fully saturated rings. The van der Waals surface area contributed by atoms with Crippen LogP contribution in [0.3, 0.4) is 0 Å². The van der Waals surface area contributed by atoms with Crippen LogP contribution in [-0.2, 0) is 4.74 Å². The topological polar surface area (TPSA) is 35.2 Å². The predicted molar refractivity (Wildman–Crippen MR) is 86.8 cm³/mol. The summed E-state index contributed by atoms with van der Waals surface area (Å²) in [5, 5.41) is 0. The zero-order valence-corrected chi connectivity index (χ0v) is 13.2. The number of nitrogens with two attached hydrogens (primary N) is 1. The van der Waals surface area contributed by atoms with Crippen molar-refractivity contribution in [1.29, 1.82) is 0 Å². The van der Waals surface area contributed by atoms with Gasteiger partial charge in [0.15, 0.2) is 0 Å². The van der Waals surface area contributed by atoms with Gasteiger partial charge in [-0.05, 0) is 12.0 Å². The molecule has 0 aromatic heterocycles. The van der Waals surface area contributed by atoms with Crippen LogP contribution >= 0.6 is 0 Å². The van der Waals surface area contributed by atoms with Crippen LogP contribution in [0.25, 0.3) is 0 Å². The smallest absolute Gasteiger partial charge is 0.0971 e. The fourth-order valence-corrected chi connectivity index (χ4v) is 2.69. The van der Waals surface area contributed by atoms with E-state index in [1.54, 1.807) is 7.11 Å². The summed E-state index contributed by atoms with van der Waals surface area (Å²) >= 11 is 0. The lowest BCUT2D eigenvalue weighted by atomic mass is 9.97. The van der Waals surface area contributed by atoms with Crippen molar-refractivity contribution >= 4 is 0 Å². The van der Waals surface area contributed by atoms with Crippen LogP contribution in [0, 0.1) is 0 Å². The van der Waals surface area contributed by atoms with E-state index >= 15 is 0 Å². The first-order valence-corrected chi connectivity index (χ1v) is 8.13. The van der Waals surface area contributed by atoms with Gasteiger partial charge in [0.05, 0.1) is 6.10 Å². The molecule has 0 saturated carbocycles. The van der Waals surface area contributed by atoms with E-state index in [9.17, 15) is 0 Å². The Morgan fingerprint density at radius 3 is 2.15 bits per heavy atom. The minimum absolute atomic E-state index is 0.0243. The monoisotopic (exact) mass is 277 g/mol. The van der Waals surface area contributed by atoms with Crippen molar-refractivity contribution in [2.75, 3.05) is 7.11 Å². The van der Waals surface area contributed by atoms with E-state index in [4.69, 9.17) is 10.5 Å². The molecule has 0 spiro atoms. The first kappa shape index (κ1) is 17.2. The molecule has 2 unspecified atom stereocenters. The van der Waals surface area contributed by atoms with Crippen molar-refractivity contribution in [3.8, 4) is 0 Å². The number of ether oxygens (including phenoxy) is 1. The molecule has 0 aliphatic rings. The summed E-state index contributed by atoms with van der Waals surface area (Å²) in [4.78, 5) is 0. The summed E-state index contributed by atoms with van der Waals surface area (Å²) in [6.45, 7) is 2.26. The largest absolute Gasteiger partial charge is 0.375 e. The molecule has 0 heterocycles. The predicted octanol–water partition coefficient (Wildman–Crippen LogP) is 4.84. The number of benzene rings is 1. The van der Waals surface area contributed by atoms with Crippen molar-refractivity contribution in [2.24, 2.45) is 5.73 Å². The van der Waals surface area contributed by atoms with E-state index in [-0.39, 0.29) is 12.1 Å². The normalized spacial score (nSPS) is 14.2. The number of unbranched alkanes of at least 4 members (excludes halogenated alkanes) is 6. The number of methoxy groups -OCH3 is 1. The van der Waals surface area contributed by atoms with Gasteiger partial charge >= 0.3 is 0 Å². The molecule has 0 amide bonds. The van der Waals surface area contributed by atoms with Crippen LogP contribution in [-0.4, -0.2) is 13.2 Å². The molecule has 0 aliphatic heterocycles. The fourth-order valence-electron chi connectivity index (χ4n) is 2.69. The van der Waals surface area contributed by atoms with E-state index in [1.165, 1.54) is 50.5 Å². The molecule has 0 bridgehead atoms. The lowest BCUT2D eigenvalue weighted by molar-refractivity contribution is 0.0768. The zero-order chi connectivity index (χ0) is 14.6. The third-order valence-corrected chi connectivity index (χ3v) is 3.91. The molecule has 0 saturated heterocycles. The van der Waals surface area contributed by atoms with E-state index in [0.29, 0.717) is 0 Å². The average Bonchev–Trinajstić information content (AvgIpc) is 2.48. The van der Waals surface area contributed by atoms with Gasteiger partial charge in [0, 0.05) is 13.2 Å². The molecule has 2 nitrogen and oxygen atoms in total. The molecule has 20 heavy (non-hydrogen) atoms. The molecule has 1 rings (SSSR count). The second kappa shape index (κ2) is 10.9. The van der Waals surface area contributed by atoms with Crippen LogP contribution in [0.4, 0.5) is 0 Å². The average molecular weight is 277 g/mol. The second-order valence-electron chi connectivity index (χ2n) is 5.64. The standard InChI is InChI=1S/C18H31NO/c1-3-4-5-6-7-8-12-15-17(19)18(20-2)16-13-10-9-11-14-16/h9-11,13-14,17-18H,3-8,12,15,19H2,1-2H3. The summed E-state index contributed by atoms with van der Waals surface area (Å²) < 4.78 is 5.58. The molecule has 2 heteroatoms. The Morgan fingerprint density at radius 2 is 1.55 bits per heavy atom. The Hall–Kier alpha value is -0.860. The third-order valence-electron chi connectivity index (χ3n) is 3.91. The van der Waals surface area contributed by atoms with Crippen molar-refractivity contribution in [3.63, 3.8) is 0 Å². The van der Waals surface area contributed by atoms with E-state index in [2.05, 4.69) is 19.1 Å². The van der Waals surface area contributed by atoms with Gasteiger partial charge < -0.3 is 10.5 Å². The van der Waals surface area contributed by atoms with Gasteiger partial charge in [-0.3, -0.25) is 0 Å².